The van der Waals surface area contributed by atoms with Crippen LogP contribution in [0.25, 0.3) is 0 Å². The Hall–Kier alpha value is -2.02. The number of carbonyl (C=O) groups excluding carboxylic acids is 1. The first-order valence-corrected chi connectivity index (χ1v) is 8.99. The van der Waals surface area contributed by atoms with Crippen molar-refractivity contribution in [3.8, 4) is 0 Å². The van der Waals surface area contributed by atoms with Gasteiger partial charge in [0.1, 0.15) is 5.82 Å². The van der Waals surface area contributed by atoms with Crippen molar-refractivity contribution in [2.45, 2.75) is 26.1 Å². The SMILES string of the molecule is Cc1ccc(F)c(CN2CCNC(C(=O)NCc3ccccn3)C2)c1Cl. The van der Waals surface area contributed by atoms with Crippen molar-refractivity contribution in [1.82, 2.24) is 20.5 Å². The maximum atomic E-state index is 14.1. The fraction of sp³-hybridized carbons (Fsp3) is 0.368. The quantitative estimate of drug-likeness (QED) is 0.840. The van der Waals surface area contributed by atoms with Crippen LogP contribution in [-0.4, -0.2) is 41.5 Å². The van der Waals surface area contributed by atoms with Crippen LogP contribution in [0.4, 0.5) is 4.39 Å². The summed E-state index contributed by atoms with van der Waals surface area (Å²) in [5, 5.41) is 6.56. The van der Waals surface area contributed by atoms with E-state index in [1.807, 2.05) is 30.0 Å². The van der Waals surface area contributed by atoms with Crippen LogP contribution < -0.4 is 10.6 Å². The fourth-order valence-electron chi connectivity index (χ4n) is 3.02. The van der Waals surface area contributed by atoms with E-state index in [9.17, 15) is 9.18 Å². The van der Waals surface area contributed by atoms with E-state index in [0.29, 0.717) is 36.8 Å². The van der Waals surface area contributed by atoms with E-state index in [2.05, 4.69) is 15.6 Å². The van der Waals surface area contributed by atoms with E-state index >= 15 is 0 Å². The van der Waals surface area contributed by atoms with Crippen LogP contribution in [0.5, 0.6) is 0 Å². The molecule has 1 saturated heterocycles. The minimum absolute atomic E-state index is 0.0869. The fourth-order valence-corrected chi connectivity index (χ4v) is 3.23. The molecule has 2 aromatic rings. The molecule has 1 aromatic carbocycles. The monoisotopic (exact) mass is 376 g/mol. The van der Waals surface area contributed by atoms with Crippen LogP contribution in [0.3, 0.4) is 0 Å². The molecule has 0 radical (unpaired) electrons. The lowest BCUT2D eigenvalue weighted by molar-refractivity contribution is -0.124. The van der Waals surface area contributed by atoms with Gasteiger partial charge in [0.2, 0.25) is 5.91 Å². The second kappa shape index (κ2) is 8.58. The number of carbonyl (C=O) groups is 1. The smallest absolute Gasteiger partial charge is 0.238 e. The molecule has 138 valence electrons. The Labute approximate surface area is 157 Å². The van der Waals surface area contributed by atoms with Crippen LogP contribution in [-0.2, 0) is 17.9 Å². The van der Waals surface area contributed by atoms with Gasteiger partial charge < -0.3 is 10.6 Å². The van der Waals surface area contributed by atoms with Gasteiger partial charge in [0, 0.05) is 37.9 Å². The lowest BCUT2D eigenvalue weighted by Crippen LogP contribution is -2.56. The number of benzene rings is 1. The van der Waals surface area contributed by atoms with Gasteiger partial charge in [0.05, 0.1) is 23.3 Å². The van der Waals surface area contributed by atoms with Crippen molar-refractivity contribution in [2.24, 2.45) is 0 Å². The predicted molar refractivity (Wildman–Crippen MR) is 99.3 cm³/mol. The van der Waals surface area contributed by atoms with Crippen molar-refractivity contribution in [1.29, 1.82) is 0 Å². The van der Waals surface area contributed by atoms with Gasteiger partial charge in [-0.2, -0.15) is 0 Å². The van der Waals surface area contributed by atoms with Crippen LogP contribution in [0.15, 0.2) is 36.5 Å². The number of halogens is 2. The first kappa shape index (κ1) is 18.8. The van der Waals surface area contributed by atoms with Gasteiger partial charge in [-0.05, 0) is 30.7 Å². The molecule has 1 fully saturated rings. The molecule has 1 aromatic heterocycles. The molecule has 5 nitrogen and oxygen atoms in total. The van der Waals surface area contributed by atoms with Gasteiger partial charge in [-0.1, -0.05) is 23.7 Å². The number of nitrogens with zero attached hydrogens (tertiary/aromatic N) is 2. The largest absolute Gasteiger partial charge is 0.349 e. The first-order chi connectivity index (χ1) is 12.5. The molecule has 1 amide bonds. The number of hydrogen-bond acceptors (Lipinski definition) is 4. The Balaban J connectivity index is 1.59. The maximum Gasteiger partial charge on any atom is 0.238 e. The summed E-state index contributed by atoms with van der Waals surface area (Å²) in [4.78, 5) is 18.7. The van der Waals surface area contributed by atoms with Crippen molar-refractivity contribution >= 4 is 17.5 Å². The molecular weight excluding hydrogens is 355 g/mol. The summed E-state index contributed by atoms with van der Waals surface area (Å²) in [7, 11) is 0. The summed E-state index contributed by atoms with van der Waals surface area (Å²) in [6, 6.07) is 8.35. The average Bonchev–Trinajstić information content (AvgIpc) is 2.67. The summed E-state index contributed by atoms with van der Waals surface area (Å²) in [5.74, 6) is -0.397. The Morgan fingerprint density at radius 1 is 1.42 bits per heavy atom. The first-order valence-electron chi connectivity index (χ1n) is 8.61. The van der Waals surface area contributed by atoms with Crippen LogP contribution in [0.2, 0.25) is 5.02 Å². The summed E-state index contributed by atoms with van der Waals surface area (Å²) < 4.78 is 14.1. The van der Waals surface area contributed by atoms with Gasteiger partial charge in [0.15, 0.2) is 0 Å². The van der Waals surface area contributed by atoms with Crippen molar-refractivity contribution < 1.29 is 9.18 Å². The van der Waals surface area contributed by atoms with Crippen molar-refractivity contribution in [3.05, 3.63) is 64.2 Å². The molecular formula is C19H22ClFN4O. The van der Waals surface area contributed by atoms with Crippen LogP contribution in [0, 0.1) is 12.7 Å². The lowest BCUT2D eigenvalue weighted by atomic mass is 10.1. The molecule has 1 aliphatic heterocycles. The molecule has 1 unspecified atom stereocenters. The predicted octanol–water partition coefficient (Wildman–Crippen LogP) is 2.27. The summed E-state index contributed by atoms with van der Waals surface area (Å²) in [6.45, 7) is 4.52. The molecule has 0 spiro atoms. The minimum Gasteiger partial charge on any atom is -0.349 e. The molecule has 1 aliphatic rings. The van der Waals surface area contributed by atoms with E-state index in [1.165, 1.54) is 6.07 Å². The van der Waals surface area contributed by atoms with Gasteiger partial charge in [0.25, 0.3) is 0 Å². The number of pyridine rings is 1. The Bertz CT molecular complexity index is 772. The highest BCUT2D eigenvalue weighted by Crippen LogP contribution is 2.25. The van der Waals surface area contributed by atoms with Crippen LogP contribution in [0.1, 0.15) is 16.8 Å². The lowest BCUT2D eigenvalue weighted by Gasteiger charge is -2.33. The molecule has 3 rings (SSSR count). The van der Waals surface area contributed by atoms with E-state index in [1.54, 1.807) is 12.3 Å². The highest BCUT2D eigenvalue weighted by Gasteiger charge is 2.26. The molecule has 0 bridgehead atoms. The van der Waals surface area contributed by atoms with E-state index < -0.39 is 0 Å². The minimum atomic E-state index is -0.348. The third-order valence-electron chi connectivity index (χ3n) is 4.51. The Kier molecular flexibility index (Phi) is 6.19. The molecule has 26 heavy (non-hydrogen) atoms. The number of aryl methyl sites for hydroxylation is 1. The molecule has 2 heterocycles. The zero-order valence-corrected chi connectivity index (χ0v) is 15.4. The number of hydrogen-bond donors (Lipinski definition) is 2. The van der Waals surface area contributed by atoms with Crippen LogP contribution >= 0.6 is 11.6 Å². The van der Waals surface area contributed by atoms with E-state index in [-0.39, 0.29) is 17.8 Å². The average molecular weight is 377 g/mol. The van der Waals surface area contributed by atoms with Crippen molar-refractivity contribution in [2.75, 3.05) is 19.6 Å². The standard InChI is InChI=1S/C19H22ClFN4O/c1-13-5-6-16(21)15(18(13)20)11-25-9-8-23-17(12-25)19(26)24-10-14-4-2-3-7-22-14/h2-7,17,23H,8-12H2,1H3,(H,24,26). The molecule has 0 saturated carbocycles. The van der Waals surface area contributed by atoms with E-state index in [4.69, 9.17) is 11.6 Å². The maximum absolute atomic E-state index is 14.1. The zero-order chi connectivity index (χ0) is 18.5. The molecule has 1 atom stereocenters. The summed E-state index contributed by atoms with van der Waals surface area (Å²) >= 11 is 6.27. The van der Waals surface area contributed by atoms with Gasteiger partial charge in [-0.25, -0.2) is 4.39 Å². The normalized spacial score (nSPS) is 17.9. The number of aromatic nitrogens is 1. The third kappa shape index (κ3) is 4.58. The number of rotatable bonds is 5. The van der Waals surface area contributed by atoms with Gasteiger partial charge in [-0.15, -0.1) is 0 Å². The second-order valence-corrected chi connectivity index (χ2v) is 6.82. The highest BCUT2D eigenvalue weighted by atomic mass is 35.5. The summed E-state index contributed by atoms with van der Waals surface area (Å²) in [6.07, 6.45) is 1.70. The molecule has 2 N–H and O–H groups in total. The Morgan fingerprint density at radius 3 is 3.04 bits per heavy atom. The number of nitrogens with one attached hydrogen (secondary N) is 2. The molecule has 0 aliphatic carbocycles. The number of amides is 1. The topological polar surface area (TPSA) is 57.3 Å². The second-order valence-electron chi connectivity index (χ2n) is 6.44. The molecule has 7 heteroatoms. The zero-order valence-electron chi connectivity index (χ0n) is 14.6. The van der Waals surface area contributed by atoms with Gasteiger partial charge >= 0.3 is 0 Å². The third-order valence-corrected chi connectivity index (χ3v) is 5.03. The summed E-state index contributed by atoms with van der Waals surface area (Å²) in [5.41, 5.74) is 2.14. The number of piperazine rings is 1. The Morgan fingerprint density at radius 2 is 2.27 bits per heavy atom. The van der Waals surface area contributed by atoms with E-state index in [0.717, 1.165) is 17.8 Å². The van der Waals surface area contributed by atoms with Crippen molar-refractivity contribution in [3.63, 3.8) is 0 Å². The van der Waals surface area contributed by atoms with Gasteiger partial charge in [-0.3, -0.25) is 14.7 Å². The highest BCUT2D eigenvalue weighted by molar-refractivity contribution is 6.32.